The van der Waals surface area contributed by atoms with Gasteiger partial charge in [-0.3, -0.25) is 9.78 Å². The Hall–Kier alpha value is -1.94. The van der Waals surface area contributed by atoms with Crippen LogP contribution >= 0.6 is 15.9 Å². The average molecular weight is 397 g/mol. The largest absolute Gasteiger partial charge is 0.345 e. The Kier molecular flexibility index (Phi) is 4.71. The van der Waals surface area contributed by atoms with Crippen molar-refractivity contribution in [3.05, 3.63) is 64.4 Å². The average Bonchev–Trinajstić information content (AvgIpc) is 3.00. The summed E-state index contributed by atoms with van der Waals surface area (Å²) in [6, 6.07) is 12.9. The van der Waals surface area contributed by atoms with E-state index in [9.17, 15) is 4.79 Å². The molecule has 1 aliphatic rings. The fraction of sp³-hybridized carbons (Fsp3) is 0.333. The maximum atomic E-state index is 11.3. The maximum Gasteiger partial charge on any atom is 0.153 e. The standard InChI is InChI=1S/C21H21BrN2O/c22-19-10-20-21(23-11-19)18(14-25)13-24(20)12-15-6-8-17(9-7-15)16-4-2-1-3-5-16/h1-5,10-11,13-15,17H,6-9,12H2. The molecule has 1 fully saturated rings. The van der Waals surface area contributed by atoms with E-state index in [1.54, 1.807) is 6.20 Å². The van der Waals surface area contributed by atoms with Crippen molar-refractivity contribution in [3.8, 4) is 0 Å². The van der Waals surface area contributed by atoms with Crippen molar-refractivity contribution < 1.29 is 4.79 Å². The van der Waals surface area contributed by atoms with Crippen LogP contribution < -0.4 is 0 Å². The van der Waals surface area contributed by atoms with Crippen LogP contribution in [-0.2, 0) is 6.54 Å². The van der Waals surface area contributed by atoms with Gasteiger partial charge in [-0.25, -0.2) is 0 Å². The molecule has 128 valence electrons. The van der Waals surface area contributed by atoms with E-state index in [1.165, 1.54) is 31.2 Å². The number of carbonyl (C=O) groups is 1. The van der Waals surface area contributed by atoms with Gasteiger partial charge >= 0.3 is 0 Å². The molecule has 0 N–H and O–H groups in total. The lowest BCUT2D eigenvalue weighted by Crippen LogP contribution is -2.18. The second-order valence-corrected chi connectivity index (χ2v) is 7.92. The highest BCUT2D eigenvalue weighted by Crippen LogP contribution is 2.37. The van der Waals surface area contributed by atoms with E-state index >= 15 is 0 Å². The normalized spacial score (nSPS) is 20.7. The van der Waals surface area contributed by atoms with Crippen molar-refractivity contribution in [2.45, 2.75) is 38.1 Å². The van der Waals surface area contributed by atoms with E-state index in [2.05, 4.69) is 61.9 Å². The molecule has 0 atom stereocenters. The van der Waals surface area contributed by atoms with Crippen LogP contribution in [0.4, 0.5) is 0 Å². The van der Waals surface area contributed by atoms with Gasteiger partial charge in [-0.05, 0) is 65.1 Å². The third-order valence-corrected chi connectivity index (χ3v) is 5.85. The molecule has 1 aromatic carbocycles. The number of aldehydes is 1. The summed E-state index contributed by atoms with van der Waals surface area (Å²) in [5.74, 6) is 1.36. The zero-order valence-electron chi connectivity index (χ0n) is 14.1. The predicted octanol–water partition coefficient (Wildman–Crippen LogP) is 5.59. The lowest BCUT2D eigenvalue weighted by molar-refractivity contribution is 0.112. The molecule has 2 aromatic heterocycles. The van der Waals surface area contributed by atoms with E-state index in [-0.39, 0.29) is 0 Å². The van der Waals surface area contributed by atoms with Crippen molar-refractivity contribution in [2.75, 3.05) is 0 Å². The van der Waals surface area contributed by atoms with Gasteiger partial charge in [0.1, 0.15) is 0 Å². The van der Waals surface area contributed by atoms with Gasteiger partial charge in [-0.15, -0.1) is 0 Å². The first kappa shape index (κ1) is 16.5. The van der Waals surface area contributed by atoms with Crippen LogP contribution in [0.3, 0.4) is 0 Å². The molecule has 0 spiro atoms. The van der Waals surface area contributed by atoms with Crippen LogP contribution in [0.15, 0.2) is 53.3 Å². The van der Waals surface area contributed by atoms with Crippen LogP contribution in [-0.4, -0.2) is 15.8 Å². The molecule has 3 nitrogen and oxygen atoms in total. The first-order chi connectivity index (χ1) is 12.2. The summed E-state index contributed by atoms with van der Waals surface area (Å²) in [5, 5.41) is 0. The number of halogens is 1. The Morgan fingerprint density at radius 1 is 1.16 bits per heavy atom. The molecule has 0 unspecified atom stereocenters. The minimum atomic E-state index is 0.661. The van der Waals surface area contributed by atoms with Gasteiger partial charge in [0.25, 0.3) is 0 Å². The van der Waals surface area contributed by atoms with E-state index in [4.69, 9.17) is 0 Å². The lowest BCUT2D eigenvalue weighted by atomic mass is 9.78. The zero-order chi connectivity index (χ0) is 17.2. The molecule has 0 amide bonds. The highest BCUT2D eigenvalue weighted by atomic mass is 79.9. The Bertz CT molecular complexity index is 880. The molecular weight excluding hydrogens is 376 g/mol. The summed E-state index contributed by atoms with van der Waals surface area (Å²) in [7, 11) is 0. The number of fused-ring (bicyclic) bond motifs is 1. The van der Waals surface area contributed by atoms with E-state index < -0.39 is 0 Å². The van der Waals surface area contributed by atoms with Crippen molar-refractivity contribution in [3.63, 3.8) is 0 Å². The third-order valence-electron chi connectivity index (χ3n) is 5.41. The van der Waals surface area contributed by atoms with Crippen LogP contribution in [0.5, 0.6) is 0 Å². The van der Waals surface area contributed by atoms with E-state index in [0.29, 0.717) is 17.4 Å². The van der Waals surface area contributed by atoms with Crippen molar-refractivity contribution in [2.24, 2.45) is 5.92 Å². The number of aromatic nitrogens is 2. The summed E-state index contributed by atoms with van der Waals surface area (Å²) in [6.07, 6.45) is 9.58. The molecule has 25 heavy (non-hydrogen) atoms. The zero-order valence-corrected chi connectivity index (χ0v) is 15.7. The summed E-state index contributed by atoms with van der Waals surface area (Å²) in [5.41, 5.74) is 4.00. The number of carbonyl (C=O) groups excluding carboxylic acids is 1. The number of benzene rings is 1. The first-order valence-electron chi connectivity index (χ1n) is 8.89. The van der Waals surface area contributed by atoms with Crippen molar-refractivity contribution in [1.82, 2.24) is 9.55 Å². The van der Waals surface area contributed by atoms with Gasteiger partial charge in [0, 0.05) is 23.4 Å². The molecule has 2 heterocycles. The molecule has 1 aliphatic carbocycles. The number of hydrogen-bond acceptors (Lipinski definition) is 2. The molecule has 0 bridgehead atoms. The van der Waals surface area contributed by atoms with Crippen LogP contribution in [0.25, 0.3) is 11.0 Å². The van der Waals surface area contributed by atoms with Gasteiger partial charge in [0.2, 0.25) is 0 Å². The molecule has 0 aliphatic heterocycles. The van der Waals surface area contributed by atoms with Crippen LogP contribution in [0.1, 0.15) is 47.5 Å². The monoisotopic (exact) mass is 396 g/mol. The fourth-order valence-electron chi connectivity index (χ4n) is 4.09. The van der Waals surface area contributed by atoms with Gasteiger partial charge in [-0.1, -0.05) is 30.3 Å². The van der Waals surface area contributed by atoms with Crippen molar-refractivity contribution in [1.29, 1.82) is 0 Å². The Morgan fingerprint density at radius 3 is 2.64 bits per heavy atom. The first-order valence-corrected chi connectivity index (χ1v) is 9.68. The van der Waals surface area contributed by atoms with Gasteiger partial charge in [-0.2, -0.15) is 0 Å². The maximum absolute atomic E-state index is 11.3. The number of hydrogen-bond donors (Lipinski definition) is 0. The molecule has 4 rings (SSSR count). The van der Waals surface area contributed by atoms with Gasteiger partial charge in [0.05, 0.1) is 16.6 Å². The Morgan fingerprint density at radius 2 is 1.92 bits per heavy atom. The Labute approximate surface area is 156 Å². The summed E-state index contributed by atoms with van der Waals surface area (Å²) in [6.45, 7) is 0.962. The SMILES string of the molecule is O=Cc1cn(CC2CCC(c3ccccc3)CC2)c2cc(Br)cnc12. The quantitative estimate of drug-likeness (QED) is 0.539. The summed E-state index contributed by atoms with van der Waals surface area (Å²) < 4.78 is 3.16. The van der Waals surface area contributed by atoms with Crippen LogP contribution in [0, 0.1) is 5.92 Å². The smallest absolute Gasteiger partial charge is 0.153 e. The molecule has 4 heteroatoms. The van der Waals surface area contributed by atoms with Gasteiger partial charge in [0.15, 0.2) is 6.29 Å². The predicted molar refractivity (Wildman–Crippen MR) is 104 cm³/mol. The molecule has 1 saturated carbocycles. The van der Waals surface area contributed by atoms with Crippen molar-refractivity contribution >= 4 is 33.2 Å². The lowest BCUT2D eigenvalue weighted by Gasteiger charge is -2.29. The Balaban J connectivity index is 1.49. The molecular formula is C21H21BrN2O. The molecule has 3 aromatic rings. The van der Waals surface area contributed by atoms with E-state index in [1.807, 2.05) is 6.20 Å². The van der Waals surface area contributed by atoms with Crippen LogP contribution in [0.2, 0.25) is 0 Å². The van der Waals surface area contributed by atoms with E-state index in [0.717, 1.165) is 28.3 Å². The highest BCUT2D eigenvalue weighted by Gasteiger charge is 2.23. The summed E-state index contributed by atoms with van der Waals surface area (Å²) >= 11 is 3.49. The third kappa shape index (κ3) is 3.40. The second kappa shape index (κ2) is 7.12. The second-order valence-electron chi connectivity index (χ2n) is 7.00. The minimum absolute atomic E-state index is 0.661. The fourth-order valence-corrected chi connectivity index (χ4v) is 4.41. The summed E-state index contributed by atoms with van der Waals surface area (Å²) in [4.78, 5) is 15.8. The molecule has 0 saturated heterocycles. The minimum Gasteiger partial charge on any atom is -0.345 e. The topological polar surface area (TPSA) is 34.9 Å². The number of pyridine rings is 1. The highest BCUT2D eigenvalue weighted by molar-refractivity contribution is 9.10. The van der Waals surface area contributed by atoms with Gasteiger partial charge < -0.3 is 4.57 Å². The number of nitrogens with zero attached hydrogens (tertiary/aromatic N) is 2. The molecule has 0 radical (unpaired) electrons. The number of rotatable bonds is 4.